The zero-order valence-corrected chi connectivity index (χ0v) is 18.3. The number of aryl methyl sites for hydroxylation is 1. The van der Waals surface area contributed by atoms with Gasteiger partial charge in [-0.25, -0.2) is 4.79 Å². The Balaban J connectivity index is 1.28. The molecule has 0 bridgehead atoms. The molecule has 5 rings (SSSR count). The minimum atomic E-state index is 0.117. The highest BCUT2D eigenvalue weighted by Gasteiger charge is 2.25. The van der Waals surface area contributed by atoms with Gasteiger partial charge < -0.3 is 10.6 Å². The molecule has 3 aliphatic rings. The van der Waals surface area contributed by atoms with Crippen molar-refractivity contribution in [1.82, 2.24) is 29.6 Å². The summed E-state index contributed by atoms with van der Waals surface area (Å²) >= 11 is 0. The Bertz CT molecular complexity index is 914. The average molecular weight is 413 g/mol. The predicted octanol–water partition coefficient (Wildman–Crippen LogP) is 1.13. The van der Waals surface area contributed by atoms with Crippen LogP contribution in [0.2, 0.25) is 0 Å². The molecule has 3 aliphatic heterocycles. The Morgan fingerprint density at radius 2 is 1.73 bits per heavy atom. The summed E-state index contributed by atoms with van der Waals surface area (Å²) in [7, 11) is 1.92. The average Bonchev–Trinajstić information content (AvgIpc) is 3.05. The van der Waals surface area contributed by atoms with Crippen molar-refractivity contribution in [3.63, 3.8) is 0 Å². The molecule has 2 N–H and O–H groups in total. The van der Waals surface area contributed by atoms with Crippen molar-refractivity contribution < 1.29 is 0 Å². The van der Waals surface area contributed by atoms with Crippen LogP contribution in [0.3, 0.4) is 0 Å². The van der Waals surface area contributed by atoms with E-state index in [0.717, 1.165) is 62.6 Å². The van der Waals surface area contributed by atoms with E-state index in [2.05, 4.69) is 38.6 Å². The Kier molecular flexibility index (Phi) is 5.96. The van der Waals surface area contributed by atoms with E-state index in [1.165, 1.54) is 44.6 Å². The van der Waals surface area contributed by atoms with Gasteiger partial charge in [-0.15, -0.1) is 0 Å². The number of imidazole rings is 1. The second-order valence-corrected chi connectivity index (χ2v) is 9.33. The predicted molar refractivity (Wildman–Crippen MR) is 121 cm³/mol. The topological polar surface area (TPSA) is 57.5 Å². The summed E-state index contributed by atoms with van der Waals surface area (Å²) in [6.45, 7) is 9.88. The van der Waals surface area contributed by atoms with Gasteiger partial charge in [0.1, 0.15) is 0 Å². The van der Waals surface area contributed by atoms with E-state index in [1.807, 2.05) is 16.2 Å². The van der Waals surface area contributed by atoms with Crippen LogP contribution in [-0.2, 0) is 13.6 Å². The molecule has 0 spiro atoms. The Morgan fingerprint density at radius 3 is 2.47 bits per heavy atom. The van der Waals surface area contributed by atoms with E-state index in [-0.39, 0.29) is 11.7 Å². The molecule has 4 heterocycles. The van der Waals surface area contributed by atoms with Crippen molar-refractivity contribution >= 4 is 11.0 Å². The molecule has 0 aliphatic carbocycles. The second kappa shape index (κ2) is 8.83. The van der Waals surface area contributed by atoms with Crippen LogP contribution in [0.25, 0.3) is 11.0 Å². The van der Waals surface area contributed by atoms with E-state index in [1.54, 1.807) is 0 Å². The van der Waals surface area contributed by atoms with Crippen molar-refractivity contribution in [3.8, 4) is 0 Å². The number of piperidine rings is 2. The number of nitrogens with one attached hydrogen (secondary N) is 2. The summed E-state index contributed by atoms with van der Waals surface area (Å²) in [6, 6.07) is 7.68. The number of hydrogen-bond acceptors (Lipinski definition) is 5. The lowest BCUT2D eigenvalue weighted by Gasteiger charge is -2.40. The second-order valence-electron chi connectivity index (χ2n) is 9.33. The molecule has 30 heavy (non-hydrogen) atoms. The van der Waals surface area contributed by atoms with Gasteiger partial charge in [-0.1, -0.05) is 6.07 Å². The summed E-state index contributed by atoms with van der Waals surface area (Å²) < 4.78 is 3.85. The van der Waals surface area contributed by atoms with Gasteiger partial charge in [0, 0.05) is 52.4 Å². The Labute approximate surface area is 179 Å². The van der Waals surface area contributed by atoms with Crippen LogP contribution in [0.15, 0.2) is 23.0 Å². The van der Waals surface area contributed by atoms with Crippen molar-refractivity contribution in [2.45, 2.75) is 44.3 Å². The Morgan fingerprint density at radius 1 is 0.933 bits per heavy atom. The Hall–Kier alpha value is -1.67. The van der Waals surface area contributed by atoms with Crippen molar-refractivity contribution in [3.05, 3.63) is 34.2 Å². The van der Waals surface area contributed by atoms with Crippen LogP contribution in [-0.4, -0.2) is 77.3 Å². The van der Waals surface area contributed by atoms with Crippen LogP contribution in [0.5, 0.6) is 0 Å². The molecule has 164 valence electrons. The highest BCUT2D eigenvalue weighted by molar-refractivity contribution is 5.77. The van der Waals surface area contributed by atoms with Gasteiger partial charge in [0.15, 0.2) is 0 Å². The number of nitrogens with zero attached hydrogens (tertiary/aromatic N) is 4. The summed E-state index contributed by atoms with van der Waals surface area (Å²) in [5.74, 6) is 0. The largest absolute Gasteiger partial charge is 0.329 e. The summed E-state index contributed by atoms with van der Waals surface area (Å²) in [5.41, 5.74) is 3.57. The fraction of sp³-hybridized carbons (Fsp3) is 0.696. The first-order valence-corrected chi connectivity index (χ1v) is 11.8. The zero-order chi connectivity index (χ0) is 20.5. The van der Waals surface area contributed by atoms with Gasteiger partial charge in [0.2, 0.25) is 0 Å². The SMILES string of the molecule is Cn1c(=O)n(C2CCCNC2)c2ccc(CN3CCN(C4CCNCC4)CC3)cc21. The van der Waals surface area contributed by atoms with Gasteiger partial charge in [-0.05, 0) is 63.0 Å². The first kappa shape index (κ1) is 20.2. The fourth-order valence-corrected chi connectivity index (χ4v) is 5.63. The molecule has 3 fully saturated rings. The van der Waals surface area contributed by atoms with E-state index >= 15 is 0 Å². The summed E-state index contributed by atoms with van der Waals surface area (Å²) in [5, 5.41) is 6.92. The molecule has 0 radical (unpaired) electrons. The van der Waals surface area contributed by atoms with E-state index in [9.17, 15) is 4.79 Å². The van der Waals surface area contributed by atoms with Crippen molar-refractivity contribution in [2.75, 3.05) is 52.4 Å². The van der Waals surface area contributed by atoms with E-state index < -0.39 is 0 Å². The number of benzene rings is 1. The number of rotatable bonds is 4. The maximum atomic E-state index is 13.0. The monoisotopic (exact) mass is 412 g/mol. The molecule has 7 heteroatoms. The maximum Gasteiger partial charge on any atom is 0.329 e. The molecule has 1 aromatic carbocycles. The van der Waals surface area contributed by atoms with Crippen LogP contribution in [0, 0.1) is 0 Å². The van der Waals surface area contributed by atoms with Crippen LogP contribution in [0.1, 0.15) is 37.3 Å². The summed E-state index contributed by atoms with van der Waals surface area (Å²) in [4.78, 5) is 18.2. The standard InChI is InChI=1S/C23H36N6O/c1-26-22-15-18(4-5-21(22)29(23(26)30)20-3-2-8-25-16-20)17-27-11-13-28(14-12-27)19-6-9-24-10-7-19/h4-5,15,19-20,24-25H,2-3,6-14,16-17H2,1H3. The number of piperazine rings is 1. The lowest BCUT2D eigenvalue weighted by atomic mass is 10.0. The van der Waals surface area contributed by atoms with Gasteiger partial charge in [0.25, 0.3) is 0 Å². The zero-order valence-electron chi connectivity index (χ0n) is 18.3. The van der Waals surface area contributed by atoms with Crippen LogP contribution in [0.4, 0.5) is 0 Å². The normalized spacial score (nSPS) is 25.2. The van der Waals surface area contributed by atoms with Gasteiger partial charge in [-0.3, -0.25) is 18.9 Å². The quantitative estimate of drug-likeness (QED) is 0.789. The third kappa shape index (κ3) is 3.96. The number of aromatic nitrogens is 2. The molecule has 3 saturated heterocycles. The molecule has 1 atom stereocenters. The van der Waals surface area contributed by atoms with Crippen LogP contribution >= 0.6 is 0 Å². The minimum Gasteiger partial charge on any atom is -0.317 e. The number of hydrogen-bond donors (Lipinski definition) is 2. The van der Waals surface area contributed by atoms with Crippen LogP contribution < -0.4 is 16.3 Å². The molecule has 7 nitrogen and oxygen atoms in total. The molecular formula is C23H36N6O. The molecule has 0 saturated carbocycles. The highest BCUT2D eigenvalue weighted by Crippen LogP contribution is 2.23. The number of fused-ring (bicyclic) bond motifs is 1. The smallest absolute Gasteiger partial charge is 0.317 e. The first-order chi connectivity index (χ1) is 14.7. The lowest BCUT2D eigenvalue weighted by Crippen LogP contribution is -2.52. The van der Waals surface area contributed by atoms with Crippen molar-refractivity contribution in [1.29, 1.82) is 0 Å². The molecule has 1 unspecified atom stereocenters. The minimum absolute atomic E-state index is 0.117. The summed E-state index contributed by atoms with van der Waals surface area (Å²) in [6.07, 6.45) is 4.79. The molecule has 1 aromatic heterocycles. The van der Waals surface area contributed by atoms with E-state index in [4.69, 9.17) is 0 Å². The lowest BCUT2D eigenvalue weighted by molar-refractivity contribution is 0.0784. The third-order valence-electron chi connectivity index (χ3n) is 7.43. The highest BCUT2D eigenvalue weighted by atomic mass is 16.1. The van der Waals surface area contributed by atoms with Gasteiger partial charge >= 0.3 is 5.69 Å². The first-order valence-electron chi connectivity index (χ1n) is 11.8. The molecule has 2 aromatic rings. The van der Waals surface area contributed by atoms with Crippen molar-refractivity contribution in [2.24, 2.45) is 7.05 Å². The molecule has 0 amide bonds. The third-order valence-corrected chi connectivity index (χ3v) is 7.43. The fourth-order valence-electron chi connectivity index (χ4n) is 5.63. The van der Waals surface area contributed by atoms with Gasteiger partial charge in [-0.2, -0.15) is 0 Å². The van der Waals surface area contributed by atoms with E-state index in [0.29, 0.717) is 0 Å². The maximum absolute atomic E-state index is 13.0. The van der Waals surface area contributed by atoms with Gasteiger partial charge in [0.05, 0.1) is 17.1 Å². The molecular weight excluding hydrogens is 376 g/mol.